The van der Waals surface area contributed by atoms with Gasteiger partial charge in [0, 0.05) is 43.8 Å². The third kappa shape index (κ3) is 5.93. The molecule has 0 atom stereocenters. The van der Waals surface area contributed by atoms with E-state index < -0.39 is 10.0 Å². The van der Waals surface area contributed by atoms with E-state index >= 15 is 0 Å². The third-order valence-corrected chi connectivity index (χ3v) is 7.62. The van der Waals surface area contributed by atoms with E-state index in [9.17, 15) is 13.2 Å². The predicted octanol–water partition coefficient (Wildman–Crippen LogP) is 4.28. The summed E-state index contributed by atoms with van der Waals surface area (Å²) in [7, 11) is -3.55. The van der Waals surface area contributed by atoms with E-state index in [1.165, 1.54) is 10.6 Å². The van der Waals surface area contributed by atoms with Crippen LogP contribution >= 0.6 is 11.6 Å². The summed E-state index contributed by atoms with van der Waals surface area (Å²) in [4.78, 5) is 17.9. The van der Waals surface area contributed by atoms with E-state index in [4.69, 9.17) is 16.1 Å². The molecule has 10 heteroatoms. The smallest absolute Gasteiger partial charge is 0.259 e. The van der Waals surface area contributed by atoms with Gasteiger partial charge in [-0.05, 0) is 50.8 Å². The Morgan fingerprint density at radius 3 is 2.44 bits per heavy atom. The molecule has 8 nitrogen and oxygen atoms in total. The summed E-state index contributed by atoms with van der Waals surface area (Å²) in [5.41, 5.74) is 2.35. The van der Waals surface area contributed by atoms with Crippen LogP contribution in [0.4, 0.5) is 5.69 Å². The summed E-state index contributed by atoms with van der Waals surface area (Å²) in [6, 6.07) is 5.46. The number of aryl methyl sites for hydroxylation is 1. The molecule has 1 aliphatic heterocycles. The summed E-state index contributed by atoms with van der Waals surface area (Å²) in [5.74, 6) is 0.342. The molecule has 1 aromatic carbocycles. The van der Waals surface area contributed by atoms with Gasteiger partial charge in [-0.1, -0.05) is 36.7 Å². The molecule has 0 unspecified atom stereocenters. The topological polar surface area (TPSA) is 87.0 Å². The molecule has 0 N–H and O–H groups in total. The van der Waals surface area contributed by atoms with Crippen molar-refractivity contribution in [2.45, 2.75) is 59.5 Å². The fourth-order valence-corrected chi connectivity index (χ4v) is 5.48. The van der Waals surface area contributed by atoms with E-state index in [0.717, 1.165) is 5.56 Å². The molecule has 3 rings (SSSR count). The maximum absolute atomic E-state index is 13.8. The Hall–Kier alpha value is -2.10. The van der Waals surface area contributed by atoms with Gasteiger partial charge < -0.3 is 9.42 Å². The first-order valence-corrected chi connectivity index (χ1v) is 13.9. The van der Waals surface area contributed by atoms with Crippen molar-refractivity contribution in [3.63, 3.8) is 0 Å². The first-order chi connectivity index (χ1) is 15.9. The van der Waals surface area contributed by atoms with Crippen molar-refractivity contribution in [2.75, 3.05) is 36.7 Å². The number of benzene rings is 1. The molecule has 0 bridgehead atoms. The summed E-state index contributed by atoms with van der Waals surface area (Å²) in [6.45, 7) is 12.4. The highest BCUT2D eigenvalue weighted by molar-refractivity contribution is 7.92. The van der Waals surface area contributed by atoms with Crippen LogP contribution in [0.3, 0.4) is 0 Å². The lowest BCUT2D eigenvalue weighted by Crippen LogP contribution is -2.41. The van der Waals surface area contributed by atoms with Gasteiger partial charge in [-0.2, -0.15) is 0 Å². The highest BCUT2D eigenvalue weighted by Gasteiger charge is 2.30. The van der Waals surface area contributed by atoms with Crippen molar-refractivity contribution in [1.29, 1.82) is 0 Å². The number of hydrogen-bond donors (Lipinski definition) is 0. The van der Waals surface area contributed by atoms with E-state index in [-0.39, 0.29) is 24.4 Å². The number of aromatic nitrogens is 1. The standard InChI is InChI=1S/C24H35ClN4O4S/c1-16(2)23-22(18(5)33-26-23)24(30)28-13-12-27(17(3)4)10-7-11-29(34(6,31)32)21-14-20(25)9-8-19(21)15-28/h8-9,14,16-17H,7,10-13,15H2,1-6H3. The number of halogens is 1. The lowest BCUT2D eigenvalue weighted by atomic mass is 10.0. The molecule has 2 aromatic rings. The Balaban J connectivity index is 2.11. The molecule has 1 aliphatic rings. The van der Waals surface area contributed by atoms with Crippen LogP contribution < -0.4 is 4.31 Å². The molecule has 0 radical (unpaired) electrons. The second-order valence-corrected chi connectivity index (χ2v) is 11.8. The minimum atomic E-state index is -3.55. The van der Waals surface area contributed by atoms with Crippen molar-refractivity contribution in [1.82, 2.24) is 15.0 Å². The van der Waals surface area contributed by atoms with Gasteiger partial charge in [-0.3, -0.25) is 14.0 Å². The number of anilines is 1. The molecule has 188 valence electrons. The first-order valence-electron chi connectivity index (χ1n) is 11.7. The van der Waals surface area contributed by atoms with E-state index in [0.29, 0.717) is 60.3 Å². The summed E-state index contributed by atoms with van der Waals surface area (Å²) >= 11 is 6.28. The highest BCUT2D eigenvalue weighted by Crippen LogP contribution is 2.30. The van der Waals surface area contributed by atoms with Crippen molar-refractivity contribution in [3.05, 3.63) is 45.8 Å². The number of rotatable bonds is 4. The minimum absolute atomic E-state index is 0.0271. The largest absolute Gasteiger partial charge is 0.361 e. The monoisotopic (exact) mass is 510 g/mol. The highest BCUT2D eigenvalue weighted by atomic mass is 35.5. The summed E-state index contributed by atoms with van der Waals surface area (Å²) in [6.07, 6.45) is 1.86. The zero-order valence-electron chi connectivity index (χ0n) is 20.8. The maximum atomic E-state index is 13.8. The fourth-order valence-electron chi connectivity index (χ4n) is 4.32. The molecule has 0 spiro atoms. The predicted molar refractivity (Wildman–Crippen MR) is 135 cm³/mol. The zero-order chi connectivity index (χ0) is 25.2. The molecule has 1 amide bonds. The lowest BCUT2D eigenvalue weighted by Gasteiger charge is -2.30. The van der Waals surface area contributed by atoms with Crippen LogP contribution in [0.2, 0.25) is 5.02 Å². The lowest BCUT2D eigenvalue weighted by molar-refractivity contribution is 0.0709. The molecule has 34 heavy (non-hydrogen) atoms. The summed E-state index contributed by atoms with van der Waals surface area (Å²) in [5, 5.41) is 4.57. The molecule has 0 saturated heterocycles. The van der Waals surface area contributed by atoms with Crippen LogP contribution in [0.1, 0.15) is 67.4 Å². The van der Waals surface area contributed by atoms with Crippen LogP contribution in [-0.2, 0) is 16.6 Å². The summed E-state index contributed by atoms with van der Waals surface area (Å²) < 4.78 is 32.3. The number of amides is 1. The Kier molecular flexibility index (Phi) is 8.31. The van der Waals surface area contributed by atoms with Gasteiger partial charge in [0.05, 0.1) is 17.6 Å². The Bertz CT molecular complexity index is 1130. The van der Waals surface area contributed by atoms with Gasteiger partial charge in [0.1, 0.15) is 11.3 Å². The number of nitrogens with zero attached hydrogens (tertiary/aromatic N) is 4. The van der Waals surface area contributed by atoms with Crippen LogP contribution in [0.5, 0.6) is 0 Å². The molecule has 2 heterocycles. The number of sulfonamides is 1. The van der Waals surface area contributed by atoms with Crippen molar-refractivity contribution >= 4 is 33.2 Å². The molecule has 1 aromatic heterocycles. The van der Waals surface area contributed by atoms with Crippen LogP contribution in [-0.4, -0.2) is 67.8 Å². The van der Waals surface area contributed by atoms with Gasteiger partial charge in [-0.25, -0.2) is 8.42 Å². The van der Waals surface area contributed by atoms with Gasteiger partial charge in [0.15, 0.2) is 0 Å². The van der Waals surface area contributed by atoms with E-state index in [1.807, 2.05) is 13.8 Å². The average molecular weight is 511 g/mol. The fraction of sp³-hybridized carbons (Fsp3) is 0.583. The molecular formula is C24H35ClN4O4S. The second kappa shape index (κ2) is 10.7. The van der Waals surface area contributed by atoms with Crippen LogP contribution in [0.25, 0.3) is 0 Å². The third-order valence-electron chi connectivity index (χ3n) is 6.21. The first kappa shape index (κ1) is 26.5. The molecular weight excluding hydrogens is 476 g/mol. The SMILES string of the molecule is Cc1onc(C(C)C)c1C(=O)N1CCN(C(C)C)CCCN(S(C)(=O)=O)c2cc(Cl)ccc2C1. The van der Waals surface area contributed by atoms with Gasteiger partial charge in [-0.15, -0.1) is 0 Å². The van der Waals surface area contributed by atoms with Gasteiger partial charge in [0.2, 0.25) is 10.0 Å². The molecule has 0 saturated carbocycles. The second-order valence-electron chi connectivity index (χ2n) is 9.47. The Morgan fingerprint density at radius 2 is 1.82 bits per heavy atom. The minimum Gasteiger partial charge on any atom is -0.361 e. The van der Waals surface area contributed by atoms with Crippen LogP contribution in [0, 0.1) is 6.92 Å². The maximum Gasteiger partial charge on any atom is 0.259 e. The van der Waals surface area contributed by atoms with E-state index in [1.54, 1.807) is 30.0 Å². The van der Waals surface area contributed by atoms with E-state index in [2.05, 4.69) is 23.9 Å². The molecule has 0 fully saturated rings. The number of carbonyl (C=O) groups excluding carboxylic acids is 1. The van der Waals surface area contributed by atoms with Crippen molar-refractivity contribution in [3.8, 4) is 0 Å². The normalized spacial score (nSPS) is 16.6. The van der Waals surface area contributed by atoms with Crippen molar-refractivity contribution in [2.24, 2.45) is 0 Å². The Morgan fingerprint density at radius 1 is 1.12 bits per heavy atom. The average Bonchev–Trinajstić information content (AvgIpc) is 3.11. The zero-order valence-corrected chi connectivity index (χ0v) is 22.4. The van der Waals surface area contributed by atoms with Crippen molar-refractivity contribution < 1.29 is 17.7 Å². The number of fused-ring (bicyclic) bond motifs is 1. The number of carbonyl (C=O) groups is 1. The number of hydrogen-bond acceptors (Lipinski definition) is 6. The van der Waals surface area contributed by atoms with Crippen LogP contribution in [0.15, 0.2) is 22.7 Å². The Labute approximate surface area is 207 Å². The molecule has 0 aliphatic carbocycles. The quantitative estimate of drug-likeness (QED) is 0.610. The van der Waals surface area contributed by atoms with Gasteiger partial charge >= 0.3 is 0 Å². The van der Waals surface area contributed by atoms with Gasteiger partial charge in [0.25, 0.3) is 5.91 Å².